The molecule has 0 spiro atoms. The predicted octanol–water partition coefficient (Wildman–Crippen LogP) is 2.93. The van der Waals surface area contributed by atoms with Crippen molar-refractivity contribution in [3.05, 3.63) is 35.7 Å². The van der Waals surface area contributed by atoms with Gasteiger partial charge in [-0.1, -0.05) is 31.1 Å². The summed E-state index contributed by atoms with van der Waals surface area (Å²) >= 11 is 0. The number of hydrogen-bond donors (Lipinski definition) is 1. The summed E-state index contributed by atoms with van der Waals surface area (Å²) in [7, 11) is 0. The van der Waals surface area contributed by atoms with Crippen LogP contribution in [-0.4, -0.2) is 16.7 Å². The van der Waals surface area contributed by atoms with Crippen LogP contribution in [0.25, 0.3) is 11.5 Å². The molecule has 1 aromatic heterocycles. The largest absolute Gasteiger partial charge is 0.370 e. The van der Waals surface area contributed by atoms with Crippen molar-refractivity contribution < 1.29 is 9.26 Å². The lowest BCUT2D eigenvalue weighted by Gasteiger charge is -2.16. The lowest BCUT2D eigenvalue weighted by molar-refractivity contribution is 0.0217. The molecule has 1 aromatic carbocycles. The van der Waals surface area contributed by atoms with E-state index in [9.17, 15) is 0 Å². The summed E-state index contributed by atoms with van der Waals surface area (Å²) in [6.07, 6.45) is -0.143. The first kappa shape index (κ1) is 14.7. The molecule has 0 bridgehead atoms. The van der Waals surface area contributed by atoms with Crippen LogP contribution in [-0.2, 0) is 11.3 Å². The maximum Gasteiger partial charge on any atom is 0.258 e. The van der Waals surface area contributed by atoms with Crippen LogP contribution in [0.4, 0.5) is 0 Å². The van der Waals surface area contributed by atoms with Crippen molar-refractivity contribution in [1.82, 2.24) is 10.1 Å². The fourth-order valence-electron chi connectivity index (χ4n) is 2.04. The highest BCUT2D eigenvalue weighted by Gasteiger charge is 2.22. The van der Waals surface area contributed by atoms with Crippen molar-refractivity contribution in [2.24, 2.45) is 11.7 Å². The van der Waals surface area contributed by atoms with Gasteiger partial charge in [0.05, 0.1) is 0 Å². The Balaban J connectivity index is 2.27. The average molecular weight is 275 g/mol. The number of ether oxygens (including phenoxy) is 1. The summed E-state index contributed by atoms with van der Waals surface area (Å²) in [6.45, 7) is 7.22. The lowest BCUT2D eigenvalue weighted by atomic mass is 10.1. The van der Waals surface area contributed by atoms with Crippen LogP contribution >= 0.6 is 0 Å². The molecule has 0 aliphatic carbocycles. The van der Waals surface area contributed by atoms with Gasteiger partial charge in [-0.25, -0.2) is 0 Å². The molecule has 5 heteroatoms. The molecular weight excluding hydrogens is 254 g/mol. The monoisotopic (exact) mass is 275 g/mol. The quantitative estimate of drug-likeness (QED) is 0.877. The van der Waals surface area contributed by atoms with E-state index in [4.69, 9.17) is 15.0 Å². The van der Waals surface area contributed by atoms with Gasteiger partial charge in [0.15, 0.2) is 0 Å². The van der Waals surface area contributed by atoms with Crippen molar-refractivity contribution >= 4 is 0 Å². The lowest BCUT2D eigenvalue weighted by Crippen LogP contribution is -2.12. The molecule has 2 N–H and O–H groups in total. The summed E-state index contributed by atoms with van der Waals surface area (Å²) in [6, 6.07) is 7.80. The average Bonchev–Trinajstić information content (AvgIpc) is 2.94. The second kappa shape index (κ2) is 6.63. The second-order valence-electron chi connectivity index (χ2n) is 4.98. The Morgan fingerprint density at radius 3 is 2.80 bits per heavy atom. The summed E-state index contributed by atoms with van der Waals surface area (Å²) < 4.78 is 11.0. The molecule has 0 aliphatic rings. The molecule has 0 saturated carbocycles. The van der Waals surface area contributed by atoms with E-state index >= 15 is 0 Å². The van der Waals surface area contributed by atoms with Crippen LogP contribution in [0.1, 0.15) is 38.3 Å². The van der Waals surface area contributed by atoms with E-state index in [1.54, 1.807) is 0 Å². The number of nitrogens with zero attached hydrogens (tertiary/aromatic N) is 2. The third-order valence-corrected chi connectivity index (χ3v) is 3.06. The van der Waals surface area contributed by atoms with E-state index in [-0.39, 0.29) is 12.0 Å². The van der Waals surface area contributed by atoms with Gasteiger partial charge in [-0.3, -0.25) is 0 Å². The standard InChI is InChI=1S/C15H21N3O2/c1-4-19-13(10(2)3)14-17-15(20-18-14)12-7-5-6-11(8-12)9-16/h5-8,10,13H,4,9,16H2,1-3H3. The summed E-state index contributed by atoms with van der Waals surface area (Å²) in [5.74, 6) is 1.38. The summed E-state index contributed by atoms with van der Waals surface area (Å²) in [5.41, 5.74) is 7.56. The first-order chi connectivity index (χ1) is 9.65. The SMILES string of the molecule is CCOC(c1noc(-c2cccc(CN)c2)n1)C(C)C. The summed E-state index contributed by atoms with van der Waals surface area (Å²) in [4.78, 5) is 4.45. The molecule has 20 heavy (non-hydrogen) atoms. The Morgan fingerprint density at radius 1 is 1.35 bits per heavy atom. The first-order valence-electron chi connectivity index (χ1n) is 6.90. The highest BCUT2D eigenvalue weighted by molar-refractivity contribution is 5.54. The molecule has 0 saturated heterocycles. The molecule has 1 atom stereocenters. The van der Waals surface area contributed by atoms with Crippen LogP contribution in [0.2, 0.25) is 0 Å². The Kier molecular flexibility index (Phi) is 4.87. The fourth-order valence-corrected chi connectivity index (χ4v) is 2.04. The zero-order valence-corrected chi connectivity index (χ0v) is 12.2. The maximum atomic E-state index is 5.68. The summed E-state index contributed by atoms with van der Waals surface area (Å²) in [5, 5.41) is 4.05. The van der Waals surface area contributed by atoms with Crippen LogP contribution in [0.15, 0.2) is 28.8 Å². The van der Waals surface area contributed by atoms with Crippen molar-refractivity contribution in [3.63, 3.8) is 0 Å². The Labute approximate surface area is 119 Å². The van der Waals surface area contributed by atoms with Gasteiger partial charge in [-0.2, -0.15) is 4.98 Å². The first-order valence-corrected chi connectivity index (χ1v) is 6.90. The molecule has 108 valence electrons. The van der Waals surface area contributed by atoms with Crippen LogP contribution in [0.5, 0.6) is 0 Å². The van der Waals surface area contributed by atoms with Crippen molar-refractivity contribution in [2.75, 3.05) is 6.61 Å². The van der Waals surface area contributed by atoms with E-state index < -0.39 is 0 Å². The minimum absolute atomic E-state index is 0.143. The van der Waals surface area contributed by atoms with Gasteiger partial charge in [0.1, 0.15) is 6.10 Å². The highest BCUT2D eigenvalue weighted by atomic mass is 16.5. The van der Waals surface area contributed by atoms with E-state index in [0.717, 1.165) is 11.1 Å². The van der Waals surface area contributed by atoms with Gasteiger partial charge < -0.3 is 15.0 Å². The van der Waals surface area contributed by atoms with Gasteiger partial charge >= 0.3 is 0 Å². The number of aromatic nitrogens is 2. The van der Waals surface area contributed by atoms with Crippen LogP contribution in [0, 0.1) is 5.92 Å². The normalized spacial score (nSPS) is 12.8. The molecule has 0 aliphatic heterocycles. The van der Waals surface area contributed by atoms with Crippen molar-refractivity contribution in [1.29, 1.82) is 0 Å². The Morgan fingerprint density at radius 2 is 2.15 bits per heavy atom. The molecule has 1 unspecified atom stereocenters. The molecule has 0 amide bonds. The Bertz CT molecular complexity index is 552. The van der Waals surface area contributed by atoms with E-state index in [1.807, 2.05) is 31.2 Å². The van der Waals surface area contributed by atoms with Gasteiger partial charge in [-0.15, -0.1) is 0 Å². The van der Waals surface area contributed by atoms with Crippen molar-refractivity contribution in [3.8, 4) is 11.5 Å². The van der Waals surface area contributed by atoms with E-state index in [0.29, 0.717) is 24.9 Å². The van der Waals surface area contributed by atoms with E-state index in [2.05, 4.69) is 24.0 Å². The van der Waals surface area contributed by atoms with Crippen molar-refractivity contribution in [2.45, 2.75) is 33.4 Å². The number of nitrogens with two attached hydrogens (primary N) is 1. The molecule has 2 aromatic rings. The molecule has 5 nitrogen and oxygen atoms in total. The molecule has 0 radical (unpaired) electrons. The van der Waals surface area contributed by atoms with E-state index in [1.165, 1.54) is 0 Å². The zero-order valence-electron chi connectivity index (χ0n) is 12.2. The number of rotatable bonds is 6. The van der Waals surface area contributed by atoms with Crippen LogP contribution in [0.3, 0.4) is 0 Å². The minimum Gasteiger partial charge on any atom is -0.370 e. The zero-order chi connectivity index (χ0) is 14.5. The molecular formula is C15H21N3O2. The van der Waals surface area contributed by atoms with Gasteiger partial charge in [0.25, 0.3) is 5.89 Å². The topological polar surface area (TPSA) is 74.2 Å². The Hall–Kier alpha value is -1.72. The smallest absolute Gasteiger partial charge is 0.258 e. The third-order valence-electron chi connectivity index (χ3n) is 3.06. The van der Waals surface area contributed by atoms with Gasteiger partial charge in [0.2, 0.25) is 5.82 Å². The molecule has 2 rings (SSSR count). The number of benzene rings is 1. The highest BCUT2D eigenvalue weighted by Crippen LogP contribution is 2.26. The maximum absolute atomic E-state index is 5.68. The third kappa shape index (κ3) is 3.23. The second-order valence-corrected chi connectivity index (χ2v) is 4.98. The van der Waals surface area contributed by atoms with Gasteiger partial charge in [-0.05, 0) is 30.5 Å². The van der Waals surface area contributed by atoms with Gasteiger partial charge in [0, 0.05) is 18.7 Å². The minimum atomic E-state index is -0.143. The fraction of sp³-hybridized carbons (Fsp3) is 0.467. The molecule has 1 heterocycles. The molecule has 0 fully saturated rings. The van der Waals surface area contributed by atoms with Crippen LogP contribution < -0.4 is 5.73 Å². The number of hydrogen-bond acceptors (Lipinski definition) is 5. The predicted molar refractivity (Wildman–Crippen MR) is 76.8 cm³/mol.